The number of rotatable bonds is 6. The van der Waals surface area contributed by atoms with Crippen LogP contribution in [0.15, 0.2) is 36.4 Å². The van der Waals surface area contributed by atoms with Gasteiger partial charge in [0.1, 0.15) is 0 Å². The first-order valence-corrected chi connectivity index (χ1v) is 11.2. The maximum Gasteiger partial charge on any atom is 0.419 e. The van der Waals surface area contributed by atoms with E-state index in [4.69, 9.17) is 67.3 Å². The number of benzene rings is 2. The number of non-ortho nitro benzene ring substituents is 1. The molecule has 16 radical (unpaired) electrons. The van der Waals surface area contributed by atoms with E-state index in [0.717, 1.165) is 12.1 Å². The van der Waals surface area contributed by atoms with Crippen LogP contribution in [0.1, 0.15) is 11.7 Å². The largest absolute Gasteiger partial charge is 0.419 e. The lowest BCUT2D eigenvalue weighted by atomic mass is 9.49. The van der Waals surface area contributed by atoms with E-state index in [1.54, 1.807) is 0 Å². The molecule has 0 bridgehead atoms. The SMILES string of the molecule is [B]C1([B])N(P(=O)(OC(c2ccc([N+](=O)[O-])c3ccccc23)C(F)(F)F)N2C([B])([B])C2([B])[B])C1([B])[B]. The standard InChI is InChI=1S/C16H7B8F3N3O4P/c17-13(18)14(19,20)29(13)35(33,30-15(21,22)16(30,23)24)34-11(12(25,26)27)9-5-6-10(28(31)32)8-4-2-1-3-7(8)9/h1-6,11H. The molecule has 1 atom stereocenters. The molecule has 2 aliphatic heterocycles. The molecule has 0 amide bonds. The minimum absolute atomic E-state index is 0.140. The first-order chi connectivity index (χ1) is 15.7. The first-order valence-electron chi connectivity index (χ1n) is 9.68. The first kappa shape index (κ1) is 26.6. The van der Waals surface area contributed by atoms with Gasteiger partial charge in [-0.15, -0.1) is 0 Å². The summed E-state index contributed by atoms with van der Waals surface area (Å²) in [5.74, 6) is 0. The molecule has 0 saturated carbocycles. The molecule has 4 rings (SSSR count). The molecular weight excluding hydrogens is 473 g/mol. The highest BCUT2D eigenvalue weighted by Gasteiger charge is 2.77. The smallest absolute Gasteiger partial charge is 0.288 e. The number of hydrogen-bond donors (Lipinski definition) is 0. The topological polar surface area (TPSA) is 75.5 Å². The lowest BCUT2D eigenvalue weighted by Gasteiger charge is -2.33. The lowest BCUT2D eigenvalue weighted by Crippen LogP contribution is -2.30. The zero-order valence-electron chi connectivity index (χ0n) is 17.7. The van der Waals surface area contributed by atoms with Crippen molar-refractivity contribution in [3.8, 4) is 0 Å². The Morgan fingerprint density at radius 3 is 1.66 bits per heavy atom. The third kappa shape index (κ3) is 3.62. The van der Waals surface area contributed by atoms with E-state index < -0.39 is 57.5 Å². The van der Waals surface area contributed by atoms with E-state index in [1.807, 2.05) is 0 Å². The molecule has 1 unspecified atom stereocenters. The fraction of sp³-hybridized carbons (Fsp3) is 0.375. The molecule has 2 fully saturated rings. The fourth-order valence-corrected chi connectivity index (χ4v) is 7.08. The van der Waals surface area contributed by atoms with Crippen molar-refractivity contribution in [2.75, 3.05) is 0 Å². The second-order valence-electron chi connectivity index (χ2n) is 8.42. The van der Waals surface area contributed by atoms with E-state index in [9.17, 15) is 27.9 Å². The molecule has 2 aromatic carbocycles. The van der Waals surface area contributed by atoms with Gasteiger partial charge < -0.3 is 0 Å². The van der Waals surface area contributed by atoms with E-state index in [2.05, 4.69) is 0 Å². The fourth-order valence-electron chi connectivity index (χ4n) is 3.98. The Bertz CT molecular complexity index is 1230. The van der Waals surface area contributed by atoms with Gasteiger partial charge in [-0.1, -0.05) is 18.2 Å². The average Bonchev–Trinajstić information content (AvgIpc) is 3.33. The molecule has 35 heavy (non-hydrogen) atoms. The highest BCUT2D eigenvalue weighted by atomic mass is 31.2. The average molecular weight is 480 g/mol. The molecule has 0 aromatic heterocycles. The summed E-state index contributed by atoms with van der Waals surface area (Å²) in [5, 5.41) is 1.66. The van der Waals surface area contributed by atoms with Crippen LogP contribution in [0.25, 0.3) is 10.8 Å². The molecular formula is C16H7B8F3N3O4P. The Labute approximate surface area is 209 Å². The summed E-state index contributed by atoms with van der Waals surface area (Å²) in [6.07, 6.45) is -8.26. The van der Waals surface area contributed by atoms with Crippen molar-refractivity contribution in [3.63, 3.8) is 0 Å². The van der Waals surface area contributed by atoms with Gasteiger partial charge in [-0.05, 0) is 44.4 Å². The molecule has 7 nitrogen and oxygen atoms in total. The van der Waals surface area contributed by atoms with E-state index >= 15 is 0 Å². The van der Waals surface area contributed by atoms with Gasteiger partial charge in [0, 0.05) is 6.07 Å². The van der Waals surface area contributed by atoms with Crippen molar-refractivity contribution in [1.82, 2.24) is 9.34 Å². The van der Waals surface area contributed by atoms with Gasteiger partial charge in [0.15, 0.2) is 6.10 Å². The third-order valence-corrected chi connectivity index (χ3v) is 8.86. The Balaban J connectivity index is 1.91. The summed E-state index contributed by atoms with van der Waals surface area (Å²) < 4.78 is 63.2. The lowest BCUT2D eigenvalue weighted by molar-refractivity contribution is -0.383. The molecule has 2 aromatic rings. The van der Waals surface area contributed by atoms with Crippen LogP contribution in [0, 0.1) is 10.1 Å². The monoisotopic (exact) mass is 481 g/mol. The summed E-state index contributed by atoms with van der Waals surface area (Å²) in [7, 11) is 40.7. The zero-order valence-corrected chi connectivity index (χ0v) is 18.6. The van der Waals surface area contributed by atoms with Crippen molar-refractivity contribution in [1.29, 1.82) is 0 Å². The van der Waals surface area contributed by atoms with Gasteiger partial charge in [0.05, 0.1) is 73.1 Å². The molecule has 2 aliphatic rings. The third-order valence-electron chi connectivity index (χ3n) is 6.04. The normalized spacial score (nSPS) is 23.5. The zero-order chi connectivity index (χ0) is 26.6. The highest BCUT2D eigenvalue weighted by Crippen LogP contribution is 2.77. The van der Waals surface area contributed by atoms with Crippen LogP contribution in [-0.4, -0.2) is 105 Å². The van der Waals surface area contributed by atoms with Gasteiger partial charge in [-0.2, -0.15) is 13.2 Å². The number of hydrogen-bond acceptors (Lipinski definition) is 4. The molecule has 2 heterocycles. The molecule has 19 heteroatoms. The summed E-state index contributed by atoms with van der Waals surface area (Å²) in [5.41, 5.74) is -1.11. The van der Waals surface area contributed by atoms with Gasteiger partial charge >= 0.3 is 13.8 Å². The predicted octanol–water partition coefficient (Wildman–Crippen LogP) is 0.0705. The van der Waals surface area contributed by atoms with Crippen molar-refractivity contribution < 1.29 is 27.2 Å². The number of nitrogens with zero attached hydrogens (tertiary/aromatic N) is 3. The summed E-state index contributed by atoms with van der Waals surface area (Å²) in [6.45, 7) is 0. The Hall–Kier alpha value is -1.48. The second kappa shape index (κ2) is 7.53. The van der Waals surface area contributed by atoms with Crippen LogP contribution in [-0.2, 0) is 9.09 Å². The number of nitro benzene ring substituents is 1. The Morgan fingerprint density at radius 2 is 1.29 bits per heavy atom. The van der Waals surface area contributed by atoms with E-state index in [1.165, 1.54) is 24.3 Å². The number of fused-ring (bicyclic) bond motifs is 1. The number of alkyl halides is 3. The van der Waals surface area contributed by atoms with Crippen LogP contribution in [0.3, 0.4) is 0 Å². The quantitative estimate of drug-likeness (QED) is 0.192. The van der Waals surface area contributed by atoms with Crippen LogP contribution in [0.4, 0.5) is 18.9 Å². The molecule has 0 aliphatic carbocycles. The van der Waals surface area contributed by atoms with Gasteiger partial charge in [-0.25, -0.2) is 9.34 Å². The van der Waals surface area contributed by atoms with Crippen LogP contribution in [0.5, 0.6) is 0 Å². The summed E-state index contributed by atoms with van der Waals surface area (Å²) in [4.78, 5) is 10.6. The molecule has 0 N–H and O–H groups in total. The van der Waals surface area contributed by atoms with Crippen molar-refractivity contribution >= 4 is 86.9 Å². The molecule has 160 valence electrons. The van der Waals surface area contributed by atoms with Crippen molar-refractivity contribution in [2.45, 2.75) is 33.6 Å². The molecule has 2 saturated heterocycles. The van der Waals surface area contributed by atoms with Crippen molar-refractivity contribution in [3.05, 3.63) is 52.1 Å². The van der Waals surface area contributed by atoms with Crippen LogP contribution >= 0.6 is 7.67 Å². The van der Waals surface area contributed by atoms with E-state index in [0.29, 0.717) is 9.34 Å². The summed E-state index contributed by atoms with van der Waals surface area (Å²) >= 11 is 0. The maximum atomic E-state index is 14.4. The Kier molecular flexibility index (Phi) is 5.72. The Morgan fingerprint density at radius 1 is 0.857 bits per heavy atom. The second-order valence-corrected chi connectivity index (χ2v) is 10.4. The van der Waals surface area contributed by atoms with Gasteiger partial charge in [-0.3, -0.25) is 19.2 Å². The number of halogens is 3. The predicted molar refractivity (Wildman–Crippen MR) is 129 cm³/mol. The van der Waals surface area contributed by atoms with E-state index in [-0.39, 0.29) is 10.8 Å². The van der Waals surface area contributed by atoms with Crippen LogP contribution in [0.2, 0.25) is 0 Å². The maximum absolute atomic E-state index is 14.4. The van der Waals surface area contributed by atoms with Crippen molar-refractivity contribution in [2.24, 2.45) is 0 Å². The van der Waals surface area contributed by atoms with Crippen LogP contribution < -0.4 is 0 Å². The molecule has 0 spiro atoms. The van der Waals surface area contributed by atoms with Gasteiger partial charge in [0.25, 0.3) is 5.69 Å². The van der Waals surface area contributed by atoms with Gasteiger partial charge in [0.2, 0.25) is 0 Å². The minimum atomic E-state index is -5.25. The highest BCUT2D eigenvalue weighted by molar-refractivity contribution is 7.56. The minimum Gasteiger partial charge on any atom is -0.288 e. The summed E-state index contributed by atoms with van der Waals surface area (Å²) in [6, 6.07) is 6.82. The number of nitro groups is 1.